The van der Waals surface area contributed by atoms with E-state index >= 15 is 0 Å². The van der Waals surface area contributed by atoms with E-state index in [0.717, 1.165) is 36.3 Å². The first-order chi connectivity index (χ1) is 15.3. The van der Waals surface area contributed by atoms with Gasteiger partial charge < -0.3 is 25.8 Å². The maximum Gasteiger partial charge on any atom is 0.317 e. The number of amides is 4. The first kappa shape index (κ1) is 22.0. The predicted molar refractivity (Wildman–Crippen MR) is 125 cm³/mol. The van der Waals surface area contributed by atoms with Crippen LogP contribution in [-0.4, -0.2) is 53.9 Å². The highest BCUT2D eigenvalue weighted by Crippen LogP contribution is 2.35. The number of aryl methyl sites for hydroxylation is 1. The van der Waals surface area contributed by atoms with Crippen LogP contribution in [0.4, 0.5) is 10.5 Å². The van der Waals surface area contributed by atoms with Gasteiger partial charge in [0.2, 0.25) is 0 Å². The fourth-order valence-corrected chi connectivity index (χ4v) is 4.33. The summed E-state index contributed by atoms with van der Waals surface area (Å²) in [5.41, 5.74) is 4.72. The molecule has 0 saturated carbocycles. The lowest BCUT2D eigenvalue weighted by molar-refractivity contribution is -0.110. The number of aromatic nitrogens is 1. The van der Waals surface area contributed by atoms with E-state index in [1.165, 1.54) is 0 Å². The summed E-state index contributed by atoms with van der Waals surface area (Å²) in [7, 11) is 0. The van der Waals surface area contributed by atoms with E-state index in [-0.39, 0.29) is 17.8 Å². The molecule has 2 aliphatic heterocycles. The predicted octanol–water partition coefficient (Wildman–Crippen LogP) is 3.31. The Hall–Kier alpha value is -3.26. The van der Waals surface area contributed by atoms with Gasteiger partial charge in [-0.3, -0.25) is 9.59 Å². The molecule has 2 aliphatic rings. The summed E-state index contributed by atoms with van der Waals surface area (Å²) in [6.45, 7) is 6.23. The zero-order valence-electron chi connectivity index (χ0n) is 18.1. The molecule has 0 unspecified atom stereocenters. The molecule has 9 heteroatoms. The van der Waals surface area contributed by atoms with E-state index in [1.54, 1.807) is 29.2 Å². The van der Waals surface area contributed by atoms with Crippen LogP contribution in [0.2, 0.25) is 5.02 Å². The second-order valence-corrected chi connectivity index (χ2v) is 8.48. The van der Waals surface area contributed by atoms with Crippen molar-refractivity contribution >= 4 is 46.8 Å². The number of benzene rings is 1. The number of nitrogens with one attached hydrogen (secondary N) is 4. The second kappa shape index (κ2) is 9.08. The fourth-order valence-electron chi connectivity index (χ4n) is 4.16. The minimum Gasteiger partial charge on any atom is -0.358 e. The Bertz CT molecular complexity index is 1120. The number of rotatable bonds is 6. The molecule has 1 aromatic carbocycles. The molecule has 4 rings (SSSR count). The monoisotopic (exact) mass is 455 g/mol. The van der Waals surface area contributed by atoms with Crippen molar-refractivity contribution < 1.29 is 14.4 Å². The lowest BCUT2D eigenvalue weighted by Crippen LogP contribution is -2.47. The number of H-pyrrole nitrogens is 1. The fraction of sp³-hybridized carbons (Fsp3) is 0.348. The van der Waals surface area contributed by atoms with Crippen molar-refractivity contribution in [3.63, 3.8) is 0 Å². The van der Waals surface area contributed by atoms with Gasteiger partial charge in [-0.25, -0.2) is 4.79 Å². The van der Waals surface area contributed by atoms with Crippen LogP contribution in [0.1, 0.15) is 45.7 Å². The number of urea groups is 1. The lowest BCUT2D eigenvalue weighted by Gasteiger charge is -2.27. The van der Waals surface area contributed by atoms with Crippen molar-refractivity contribution in [3.8, 4) is 0 Å². The summed E-state index contributed by atoms with van der Waals surface area (Å²) in [5, 5.41) is 9.14. The average Bonchev–Trinajstić information content (AvgIpc) is 3.21. The number of hydrogen-bond acceptors (Lipinski definition) is 3. The van der Waals surface area contributed by atoms with Gasteiger partial charge in [-0.15, -0.1) is 0 Å². The average molecular weight is 456 g/mol. The van der Waals surface area contributed by atoms with Crippen molar-refractivity contribution in [1.82, 2.24) is 20.5 Å². The molecule has 168 valence electrons. The largest absolute Gasteiger partial charge is 0.358 e. The maximum atomic E-state index is 12.8. The zero-order valence-corrected chi connectivity index (χ0v) is 18.9. The van der Waals surface area contributed by atoms with Crippen LogP contribution in [0, 0.1) is 13.8 Å². The Labute approximate surface area is 191 Å². The number of nitrogens with zero attached hydrogens (tertiary/aromatic N) is 1. The van der Waals surface area contributed by atoms with Crippen LogP contribution in [0.5, 0.6) is 0 Å². The van der Waals surface area contributed by atoms with Gasteiger partial charge in [0.1, 0.15) is 0 Å². The van der Waals surface area contributed by atoms with Crippen molar-refractivity contribution in [2.24, 2.45) is 0 Å². The molecule has 0 radical (unpaired) electrons. The van der Waals surface area contributed by atoms with Crippen LogP contribution in [-0.2, 0) is 4.79 Å². The molecule has 2 aromatic rings. The van der Waals surface area contributed by atoms with E-state index in [9.17, 15) is 14.4 Å². The molecule has 3 heterocycles. The molecule has 32 heavy (non-hydrogen) atoms. The van der Waals surface area contributed by atoms with E-state index in [2.05, 4.69) is 20.9 Å². The van der Waals surface area contributed by atoms with Gasteiger partial charge in [0.25, 0.3) is 11.8 Å². The van der Waals surface area contributed by atoms with Crippen LogP contribution in [0.3, 0.4) is 0 Å². The topological polar surface area (TPSA) is 106 Å². The van der Waals surface area contributed by atoms with Crippen molar-refractivity contribution in [1.29, 1.82) is 0 Å². The van der Waals surface area contributed by atoms with Gasteiger partial charge in [-0.05, 0) is 56.5 Å². The van der Waals surface area contributed by atoms with Crippen molar-refractivity contribution in [2.75, 3.05) is 31.5 Å². The number of aromatic amines is 1. The highest BCUT2D eigenvalue weighted by atomic mass is 35.5. The molecule has 1 saturated heterocycles. The number of fused-ring (bicyclic) bond motifs is 1. The molecule has 0 atom stereocenters. The minimum atomic E-state index is -0.207. The first-order valence-electron chi connectivity index (χ1n) is 10.7. The third kappa shape index (κ3) is 4.36. The third-order valence-corrected chi connectivity index (χ3v) is 6.05. The molecule has 8 nitrogen and oxygen atoms in total. The summed E-state index contributed by atoms with van der Waals surface area (Å²) in [5.74, 6) is -0.384. The molecule has 4 amide bonds. The summed E-state index contributed by atoms with van der Waals surface area (Å²) in [4.78, 5) is 42.1. The highest BCUT2D eigenvalue weighted by Gasteiger charge is 2.26. The molecule has 0 spiro atoms. The van der Waals surface area contributed by atoms with Crippen LogP contribution >= 0.6 is 11.6 Å². The summed E-state index contributed by atoms with van der Waals surface area (Å²) < 4.78 is 0. The van der Waals surface area contributed by atoms with Crippen LogP contribution in [0.25, 0.3) is 11.6 Å². The van der Waals surface area contributed by atoms with Gasteiger partial charge in [0.05, 0.1) is 11.1 Å². The van der Waals surface area contributed by atoms with Crippen LogP contribution < -0.4 is 16.0 Å². The van der Waals surface area contributed by atoms with Gasteiger partial charge >= 0.3 is 6.03 Å². The molecular formula is C23H26ClN5O3. The van der Waals surface area contributed by atoms with E-state index in [0.29, 0.717) is 47.1 Å². The number of anilines is 1. The standard InChI is InChI=1S/C23H26ClN5O3/c1-13-19(12-17-16-11-15(24)5-6-18(16)28-21(17)30)27-14(2)20(13)22(31)25-7-3-9-29-10-4-8-26-23(29)32/h5-6,11-12,27H,3-4,7-10H2,1-2H3,(H,25,31)(H,26,32)(H,28,30)/b17-12-. The summed E-state index contributed by atoms with van der Waals surface area (Å²) in [6.07, 6.45) is 3.37. The second-order valence-electron chi connectivity index (χ2n) is 8.05. The quantitative estimate of drug-likeness (QED) is 0.396. The van der Waals surface area contributed by atoms with E-state index < -0.39 is 0 Å². The van der Waals surface area contributed by atoms with Crippen molar-refractivity contribution in [2.45, 2.75) is 26.7 Å². The summed E-state index contributed by atoms with van der Waals surface area (Å²) in [6, 6.07) is 5.21. The normalized spacial score (nSPS) is 16.7. The Morgan fingerprint density at radius 2 is 2.09 bits per heavy atom. The molecule has 1 aromatic heterocycles. The molecule has 0 aliphatic carbocycles. The third-order valence-electron chi connectivity index (χ3n) is 5.82. The van der Waals surface area contributed by atoms with Crippen LogP contribution in [0.15, 0.2) is 18.2 Å². The molecule has 4 N–H and O–H groups in total. The van der Waals surface area contributed by atoms with E-state index in [4.69, 9.17) is 11.6 Å². The Kier molecular flexibility index (Phi) is 6.23. The molecule has 1 fully saturated rings. The Balaban J connectivity index is 1.45. The van der Waals surface area contributed by atoms with Gasteiger partial charge in [0.15, 0.2) is 0 Å². The number of hydrogen-bond donors (Lipinski definition) is 4. The molecule has 0 bridgehead atoms. The summed E-state index contributed by atoms with van der Waals surface area (Å²) >= 11 is 6.11. The zero-order chi connectivity index (χ0) is 22.8. The number of carbonyl (C=O) groups excluding carboxylic acids is 3. The molecular weight excluding hydrogens is 430 g/mol. The number of halogens is 1. The van der Waals surface area contributed by atoms with Gasteiger partial charge in [0, 0.05) is 53.8 Å². The number of carbonyl (C=O) groups is 3. The Morgan fingerprint density at radius 1 is 1.28 bits per heavy atom. The van der Waals surface area contributed by atoms with Gasteiger partial charge in [-0.1, -0.05) is 11.6 Å². The highest BCUT2D eigenvalue weighted by molar-refractivity contribution is 6.36. The minimum absolute atomic E-state index is 0.0450. The smallest absolute Gasteiger partial charge is 0.317 e. The lowest BCUT2D eigenvalue weighted by atomic mass is 10.0. The SMILES string of the molecule is Cc1[nH]c(/C=C2\C(=O)Nc3ccc(Cl)cc32)c(C)c1C(=O)NCCCN1CCCNC1=O. The van der Waals surface area contributed by atoms with Crippen molar-refractivity contribution in [3.05, 3.63) is 51.3 Å². The first-order valence-corrected chi connectivity index (χ1v) is 11.1. The maximum absolute atomic E-state index is 12.8. The Morgan fingerprint density at radius 3 is 2.88 bits per heavy atom. The van der Waals surface area contributed by atoms with E-state index in [1.807, 2.05) is 13.8 Å². The van der Waals surface area contributed by atoms with Gasteiger partial charge in [-0.2, -0.15) is 0 Å².